The molecule has 0 saturated carbocycles. The number of aromatic nitrogens is 4. The van der Waals surface area contributed by atoms with Crippen molar-refractivity contribution in [2.45, 2.75) is 26.6 Å². The van der Waals surface area contributed by atoms with Crippen molar-refractivity contribution < 1.29 is 5.11 Å². The predicted molar refractivity (Wildman–Crippen MR) is 72.7 cm³/mol. The molecule has 0 bridgehead atoms. The van der Waals surface area contributed by atoms with Crippen molar-refractivity contribution in [3.05, 3.63) is 48.2 Å². The molecule has 2 aromatic heterocycles. The first-order valence-corrected chi connectivity index (χ1v) is 6.37. The molecule has 0 atom stereocenters. The van der Waals surface area contributed by atoms with Crippen LogP contribution in [0.2, 0.25) is 0 Å². The van der Waals surface area contributed by atoms with Crippen LogP contribution in [-0.2, 0) is 19.7 Å². The number of rotatable bonds is 4. The molecule has 0 fully saturated rings. The monoisotopic (exact) mass is 256 g/mol. The number of hydrogen-bond acceptors (Lipinski definition) is 3. The van der Waals surface area contributed by atoms with E-state index in [1.165, 1.54) is 5.39 Å². The summed E-state index contributed by atoms with van der Waals surface area (Å²) in [6, 6.07) is 8.06. The number of benzene rings is 1. The Kier molecular flexibility index (Phi) is 3.05. The van der Waals surface area contributed by atoms with Crippen LogP contribution in [-0.4, -0.2) is 24.4 Å². The number of fused-ring (bicyclic) bond motifs is 1. The van der Waals surface area contributed by atoms with Crippen LogP contribution in [0.3, 0.4) is 0 Å². The zero-order chi connectivity index (χ0) is 13.2. The smallest absolute Gasteiger partial charge is 0.146 e. The molecule has 3 rings (SSSR count). The number of aliphatic hydroxyl groups excluding tert-OH is 1. The molecule has 0 aliphatic rings. The lowest BCUT2D eigenvalue weighted by Crippen LogP contribution is -2.08. The molecule has 3 aromatic rings. The molecule has 1 aromatic carbocycles. The molecule has 0 spiro atoms. The Morgan fingerprint density at radius 3 is 2.95 bits per heavy atom. The van der Waals surface area contributed by atoms with Crippen LogP contribution < -0.4 is 0 Å². The summed E-state index contributed by atoms with van der Waals surface area (Å²) in [6.07, 6.45) is 3.63. The second kappa shape index (κ2) is 4.85. The van der Waals surface area contributed by atoms with Gasteiger partial charge in [0.1, 0.15) is 12.2 Å². The Hall–Kier alpha value is -2.14. The van der Waals surface area contributed by atoms with Crippen molar-refractivity contribution in [2.24, 2.45) is 0 Å². The van der Waals surface area contributed by atoms with Gasteiger partial charge < -0.3 is 9.67 Å². The van der Waals surface area contributed by atoms with Crippen molar-refractivity contribution in [3.63, 3.8) is 0 Å². The Labute approximate surface area is 111 Å². The van der Waals surface area contributed by atoms with Gasteiger partial charge in [0.15, 0.2) is 0 Å². The summed E-state index contributed by atoms with van der Waals surface area (Å²) < 4.78 is 4.02. The largest absolute Gasteiger partial charge is 0.392 e. The highest BCUT2D eigenvalue weighted by Gasteiger charge is 2.07. The van der Waals surface area contributed by atoms with E-state index in [1.54, 1.807) is 6.33 Å². The van der Waals surface area contributed by atoms with Gasteiger partial charge in [-0.25, -0.2) is 9.67 Å². The molecule has 19 heavy (non-hydrogen) atoms. The minimum absolute atomic E-state index is 0.0618. The molecule has 0 unspecified atom stereocenters. The van der Waals surface area contributed by atoms with Gasteiger partial charge >= 0.3 is 0 Å². The van der Waals surface area contributed by atoms with Gasteiger partial charge in [0, 0.05) is 18.3 Å². The molecule has 0 amide bonds. The van der Waals surface area contributed by atoms with Gasteiger partial charge in [0.05, 0.1) is 13.2 Å². The highest BCUT2D eigenvalue weighted by Crippen LogP contribution is 2.18. The van der Waals surface area contributed by atoms with Gasteiger partial charge in [0.2, 0.25) is 0 Å². The van der Waals surface area contributed by atoms with E-state index >= 15 is 0 Å². The molecule has 5 nitrogen and oxygen atoms in total. The molecule has 0 saturated heterocycles. The summed E-state index contributed by atoms with van der Waals surface area (Å²) in [5, 5.41) is 14.6. The number of nitrogens with zero attached hydrogens (tertiary/aromatic N) is 4. The van der Waals surface area contributed by atoms with E-state index in [1.807, 2.05) is 29.1 Å². The Bertz CT molecular complexity index is 698. The van der Waals surface area contributed by atoms with Crippen LogP contribution in [0.4, 0.5) is 0 Å². The fourth-order valence-electron chi connectivity index (χ4n) is 2.29. The van der Waals surface area contributed by atoms with Gasteiger partial charge in [-0.2, -0.15) is 5.10 Å². The quantitative estimate of drug-likeness (QED) is 0.774. The first kappa shape index (κ1) is 11.9. The molecule has 0 aliphatic heterocycles. The van der Waals surface area contributed by atoms with Crippen molar-refractivity contribution >= 4 is 10.9 Å². The molecule has 0 radical (unpaired) electrons. The second-order valence-electron chi connectivity index (χ2n) is 4.49. The maximum absolute atomic E-state index is 9.23. The lowest BCUT2D eigenvalue weighted by molar-refractivity contribution is 0.282. The summed E-state index contributed by atoms with van der Waals surface area (Å²) in [6.45, 7) is 3.62. The maximum atomic E-state index is 9.23. The van der Waals surface area contributed by atoms with Crippen molar-refractivity contribution in [3.8, 4) is 0 Å². The van der Waals surface area contributed by atoms with E-state index in [4.69, 9.17) is 0 Å². The third kappa shape index (κ3) is 2.13. The highest BCUT2D eigenvalue weighted by molar-refractivity contribution is 5.80. The first-order chi connectivity index (χ1) is 9.31. The Morgan fingerprint density at radius 1 is 1.26 bits per heavy atom. The summed E-state index contributed by atoms with van der Waals surface area (Å²) in [7, 11) is 0. The minimum atomic E-state index is 0.0618. The third-order valence-corrected chi connectivity index (χ3v) is 3.33. The summed E-state index contributed by atoms with van der Waals surface area (Å²) in [5.74, 6) is 0.939. The van der Waals surface area contributed by atoms with E-state index in [9.17, 15) is 5.11 Å². The molecule has 5 heteroatoms. The normalized spacial score (nSPS) is 11.3. The number of hydrogen-bond donors (Lipinski definition) is 1. The molecular formula is C14H16N4O. The van der Waals surface area contributed by atoms with E-state index < -0.39 is 0 Å². The van der Waals surface area contributed by atoms with Crippen LogP contribution in [0.1, 0.15) is 18.3 Å². The zero-order valence-corrected chi connectivity index (χ0v) is 10.8. The molecule has 98 valence electrons. The van der Waals surface area contributed by atoms with Crippen LogP contribution in [0.5, 0.6) is 0 Å². The van der Waals surface area contributed by atoms with Crippen LogP contribution >= 0.6 is 0 Å². The van der Waals surface area contributed by atoms with E-state index in [-0.39, 0.29) is 6.61 Å². The van der Waals surface area contributed by atoms with Gasteiger partial charge in [-0.1, -0.05) is 12.1 Å². The molecule has 0 aliphatic carbocycles. The van der Waals surface area contributed by atoms with Crippen LogP contribution in [0.15, 0.2) is 36.8 Å². The fourth-order valence-corrected chi connectivity index (χ4v) is 2.29. The zero-order valence-electron chi connectivity index (χ0n) is 10.8. The minimum Gasteiger partial charge on any atom is -0.392 e. The Morgan fingerprint density at radius 2 is 2.16 bits per heavy atom. The average Bonchev–Trinajstić information content (AvgIpc) is 3.06. The lowest BCUT2D eigenvalue weighted by Gasteiger charge is -2.07. The van der Waals surface area contributed by atoms with E-state index in [0.717, 1.165) is 23.4 Å². The molecule has 2 heterocycles. The van der Waals surface area contributed by atoms with Crippen molar-refractivity contribution in [2.75, 3.05) is 0 Å². The third-order valence-electron chi connectivity index (χ3n) is 3.33. The predicted octanol–water partition coefficient (Wildman–Crippen LogP) is 1.79. The fraction of sp³-hybridized carbons (Fsp3) is 0.286. The van der Waals surface area contributed by atoms with Gasteiger partial charge in [0.25, 0.3) is 0 Å². The standard InChI is InChI=1S/C14H16N4O/c1-2-18-14(15-10-16-18)8-17-6-5-12-4-3-11(9-19)7-13(12)17/h3-7,10,19H,2,8-9H2,1H3. The molecular weight excluding hydrogens is 240 g/mol. The second-order valence-corrected chi connectivity index (χ2v) is 4.49. The van der Waals surface area contributed by atoms with Gasteiger partial charge in [-0.15, -0.1) is 0 Å². The van der Waals surface area contributed by atoms with E-state index in [0.29, 0.717) is 6.54 Å². The van der Waals surface area contributed by atoms with Gasteiger partial charge in [-0.3, -0.25) is 0 Å². The topological polar surface area (TPSA) is 55.9 Å². The Balaban J connectivity index is 2.01. The highest BCUT2D eigenvalue weighted by atomic mass is 16.3. The number of aliphatic hydroxyl groups is 1. The van der Waals surface area contributed by atoms with Crippen molar-refractivity contribution in [1.29, 1.82) is 0 Å². The maximum Gasteiger partial charge on any atom is 0.146 e. The summed E-state index contributed by atoms with van der Waals surface area (Å²) in [5.41, 5.74) is 2.03. The molecule has 1 N–H and O–H groups in total. The number of aryl methyl sites for hydroxylation is 1. The summed E-state index contributed by atoms with van der Waals surface area (Å²) >= 11 is 0. The van der Waals surface area contributed by atoms with Crippen LogP contribution in [0, 0.1) is 0 Å². The first-order valence-electron chi connectivity index (χ1n) is 6.37. The SMILES string of the molecule is CCn1ncnc1Cn1ccc2ccc(CO)cc21. The van der Waals surface area contributed by atoms with Crippen molar-refractivity contribution in [1.82, 2.24) is 19.3 Å². The van der Waals surface area contributed by atoms with Crippen LogP contribution in [0.25, 0.3) is 10.9 Å². The lowest BCUT2D eigenvalue weighted by atomic mass is 10.2. The van der Waals surface area contributed by atoms with E-state index in [2.05, 4.69) is 27.6 Å². The summed E-state index contributed by atoms with van der Waals surface area (Å²) in [4.78, 5) is 4.29. The van der Waals surface area contributed by atoms with Gasteiger partial charge in [-0.05, 0) is 30.0 Å². The average molecular weight is 256 g/mol.